The quantitative estimate of drug-likeness (QED) is 0.234. The molecule has 220 valence electrons. The van der Waals surface area contributed by atoms with E-state index in [1.807, 2.05) is 36.1 Å². The van der Waals surface area contributed by atoms with Gasteiger partial charge in [-0.15, -0.1) is 0 Å². The predicted molar refractivity (Wildman–Crippen MR) is 165 cm³/mol. The predicted octanol–water partition coefficient (Wildman–Crippen LogP) is 6.77. The van der Waals surface area contributed by atoms with Crippen LogP contribution in [0.4, 0.5) is 0 Å². The van der Waals surface area contributed by atoms with Gasteiger partial charge in [-0.25, -0.2) is 0 Å². The average molecular weight is 570 g/mol. The molecule has 0 aromatic heterocycles. The molecule has 0 radical (unpaired) electrons. The van der Waals surface area contributed by atoms with E-state index in [1.54, 1.807) is 24.3 Å². The molecule has 0 aliphatic carbocycles. The van der Waals surface area contributed by atoms with E-state index in [2.05, 4.69) is 45.3 Å². The largest absolute Gasteiger partial charge is 0.356 e. The molecule has 4 atom stereocenters. The highest BCUT2D eigenvalue weighted by atomic mass is 35.5. The van der Waals surface area contributed by atoms with E-state index in [4.69, 9.17) is 11.6 Å². The molecule has 2 N–H and O–H groups in total. The molecule has 0 saturated carbocycles. The van der Waals surface area contributed by atoms with Crippen LogP contribution >= 0.6 is 11.6 Å². The normalized spacial score (nSPS) is 14.1. The molecular formula is C33H48ClN3O3. The zero-order valence-electron chi connectivity index (χ0n) is 25.1. The lowest BCUT2D eigenvalue weighted by molar-refractivity contribution is -0.125. The summed E-state index contributed by atoms with van der Waals surface area (Å²) in [7, 11) is 0. The van der Waals surface area contributed by atoms with Crippen LogP contribution in [0.2, 0.25) is 5.02 Å². The second kappa shape index (κ2) is 17.1. The molecule has 2 rings (SSSR count). The van der Waals surface area contributed by atoms with Crippen molar-refractivity contribution in [2.45, 2.75) is 79.7 Å². The minimum atomic E-state index is -0.230. The van der Waals surface area contributed by atoms with Gasteiger partial charge in [-0.05, 0) is 73.4 Å². The molecule has 0 aliphatic heterocycles. The van der Waals surface area contributed by atoms with Crippen LogP contribution in [0.3, 0.4) is 0 Å². The van der Waals surface area contributed by atoms with Gasteiger partial charge < -0.3 is 15.5 Å². The van der Waals surface area contributed by atoms with Gasteiger partial charge in [0, 0.05) is 47.7 Å². The van der Waals surface area contributed by atoms with Crippen molar-refractivity contribution >= 4 is 29.3 Å². The number of carbonyl (C=O) groups excluding carboxylic acids is 3. The van der Waals surface area contributed by atoms with Crippen molar-refractivity contribution in [1.82, 2.24) is 15.5 Å². The molecular weight excluding hydrogens is 522 g/mol. The van der Waals surface area contributed by atoms with Gasteiger partial charge in [-0.2, -0.15) is 0 Å². The van der Waals surface area contributed by atoms with Crippen molar-refractivity contribution in [2.24, 2.45) is 17.8 Å². The van der Waals surface area contributed by atoms with Gasteiger partial charge in [-0.1, -0.05) is 77.8 Å². The fourth-order valence-corrected chi connectivity index (χ4v) is 4.90. The molecule has 0 heterocycles. The van der Waals surface area contributed by atoms with Crippen LogP contribution in [0, 0.1) is 17.8 Å². The average Bonchev–Trinajstić information content (AvgIpc) is 2.95. The Morgan fingerprint density at radius 2 is 1.52 bits per heavy atom. The highest BCUT2D eigenvalue weighted by Gasteiger charge is 2.26. The summed E-state index contributed by atoms with van der Waals surface area (Å²) in [6, 6.07) is 14.4. The van der Waals surface area contributed by atoms with Crippen molar-refractivity contribution < 1.29 is 14.4 Å². The Balaban J connectivity index is 2.21. The maximum absolute atomic E-state index is 13.5. The summed E-state index contributed by atoms with van der Waals surface area (Å²) in [5.74, 6) is 0.0301. The first-order valence-electron chi connectivity index (χ1n) is 14.8. The minimum absolute atomic E-state index is 0.0263. The van der Waals surface area contributed by atoms with Gasteiger partial charge in [0.05, 0.1) is 0 Å². The molecule has 40 heavy (non-hydrogen) atoms. The second-order valence-corrected chi connectivity index (χ2v) is 11.6. The van der Waals surface area contributed by atoms with Crippen molar-refractivity contribution in [2.75, 3.05) is 19.6 Å². The van der Waals surface area contributed by atoms with E-state index < -0.39 is 0 Å². The highest BCUT2D eigenvalue weighted by Crippen LogP contribution is 2.21. The number of carbonyl (C=O) groups is 3. The van der Waals surface area contributed by atoms with Gasteiger partial charge in [0.2, 0.25) is 5.91 Å². The maximum Gasteiger partial charge on any atom is 0.253 e. The van der Waals surface area contributed by atoms with Crippen LogP contribution in [0.5, 0.6) is 0 Å². The van der Waals surface area contributed by atoms with Crippen LogP contribution in [0.25, 0.3) is 0 Å². The molecule has 0 spiro atoms. The minimum Gasteiger partial charge on any atom is -0.356 e. The smallest absolute Gasteiger partial charge is 0.253 e. The lowest BCUT2D eigenvalue weighted by atomic mass is 9.87. The number of halogens is 1. The van der Waals surface area contributed by atoms with Crippen LogP contribution < -0.4 is 10.6 Å². The number of hydrogen-bond acceptors (Lipinski definition) is 3. The third-order valence-electron chi connectivity index (χ3n) is 7.51. The summed E-state index contributed by atoms with van der Waals surface area (Å²) in [5, 5.41) is 6.94. The summed E-state index contributed by atoms with van der Waals surface area (Å²) in [6.07, 6.45) is 4.01. The first-order valence-corrected chi connectivity index (χ1v) is 15.2. The third kappa shape index (κ3) is 10.6. The summed E-state index contributed by atoms with van der Waals surface area (Å²) in [4.78, 5) is 41.2. The number of nitrogens with zero attached hydrogens (tertiary/aromatic N) is 1. The number of hydrogen-bond donors (Lipinski definition) is 2. The molecule has 3 amide bonds. The Hall–Kier alpha value is -2.86. The van der Waals surface area contributed by atoms with Gasteiger partial charge >= 0.3 is 0 Å². The van der Waals surface area contributed by atoms with E-state index in [0.717, 1.165) is 24.8 Å². The Bertz CT molecular complexity index is 1080. The zero-order valence-corrected chi connectivity index (χ0v) is 25.9. The van der Waals surface area contributed by atoms with E-state index in [9.17, 15) is 14.4 Å². The molecule has 6 nitrogen and oxygen atoms in total. The zero-order chi connectivity index (χ0) is 29.7. The molecule has 0 bridgehead atoms. The topological polar surface area (TPSA) is 78.5 Å². The van der Waals surface area contributed by atoms with Crippen molar-refractivity contribution in [3.8, 4) is 0 Å². The van der Waals surface area contributed by atoms with Crippen molar-refractivity contribution in [1.29, 1.82) is 0 Å². The van der Waals surface area contributed by atoms with E-state index >= 15 is 0 Å². The molecule has 0 fully saturated rings. The SMILES string of the molecule is CCCN(CCC)C(=O)c1cccc(C(=O)N[C@@H](Cc2ccc(Cl)cc2)[C@@H](C)C[C@@H](C)C(=O)NC[C@@H](C)CC)c1. The number of benzene rings is 2. The van der Waals surface area contributed by atoms with Crippen molar-refractivity contribution in [3.63, 3.8) is 0 Å². The Labute approximate surface area is 246 Å². The second-order valence-electron chi connectivity index (χ2n) is 11.2. The summed E-state index contributed by atoms with van der Waals surface area (Å²) >= 11 is 6.10. The lowest BCUT2D eigenvalue weighted by Gasteiger charge is -2.28. The highest BCUT2D eigenvalue weighted by molar-refractivity contribution is 6.30. The van der Waals surface area contributed by atoms with Gasteiger partial charge in [0.15, 0.2) is 0 Å². The summed E-state index contributed by atoms with van der Waals surface area (Å²) < 4.78 is 0. The number of amides is 3. The Kier molecular flexibility index (Phi) is 14.2. The van der Waals surface area contributed by atoms with Crippen LogP contribution in [0.15, 0.2) is 48.5 Å². The number of rotatable bonds is 16. The monoisotopic (exact) mass is 569 g/mol. The van der Waals surface area contributed by atoms with Crippen LogP contribution in [-0.4, -0.2) is 48.3 Å². The summed E-state index contributed by atoms with van der Waals surface area (Å²) in [6.45, 7) is 14.4. The molecule has 2 aromatic carbocycles. The summed E-state index contributed by atoms with van der Waals surface area (Å²) in [5.41, 5.74) is 2.02. The Morgan fingerprint density at radius 3 is 2.12 bits per heavy atom. The number of nitrogens with one attached hydrogen (secondary N) is 2. The van der Waals surface area contributed by atoms with Gasteiger partial charge in [0.1, 0.15) is 0 Å². The van der Waals surface area contributed by atoms with Crippen LogP contribution in [0.1, 0.15) is 93.5 Å². The fraction of sp³-hybridized carbons (Fsp3) is 0.545. The molecule has 0 saturated heterocycles. The van der Waals surface area contributed by atoms with Gasteiger partial charge in [0.25, 0.3) is 11.8 Å². The van der Waals surface area contributed by atoms with Crippen LogP contribution in [-0.2, 0) is 11.2 Å². The molecule has 2 aromatic rings. The van der Waals surface area contributed by atoms with E-state index in [-0.39, 0.29) is 35.6 Å². The first kappa shape index (κ1) is 33.3. The van der Waals surface area contributed by atoms with Gasteiger partial charge in [-0.3, -0.25) is 14.4 Å². The molecule has 7 heteroatoms. The fourth-order valence-electron chi connectivity index (χ4n) is 4.77. The Morgan fingerprint density at radius 1 is 0.900 bits per heavy atom. The molecule has 0 unspecified atom stereocenters. The van der Waals surface area contributed by atoms with Crippen molar-refractivity contribution in [3.05, 3.63) is 70.2 Å². The van der Waals surface area contributed by atoms with E-state index in [1.165, 1.54) is 0 Å². The lowest BCUT2D eigenvalue weighted by Crippen LogP contribution is -2.43. The first-order chi connectivity index (χ1) is 19.1. The standard InChI is InChI=1S/C33H48ClN3O3/c1-7-17-37(18-8-2)33(40)28-12-10-11-27(21-28)32(39)36-30(20-26-13-15-29(34)16-14-26)24(5)19-25(6)31(38)35-22-23(4)9-3/h10-16,21,23-25,30H,7-9,17-20,22H2,1-6H3,(H,35,38)(H,36,39)/t23-,24-,25+,30-/m0/s1. The molecule has 0 aliphatic rings. The third-order valence-corrected chi connectivity index (χ3v) is 7.76. The van der Waals surface area contributed by atoms with E-state index in [0.29, 0.717) is 54.5 Å². The maximum atomic E-state index is 13.5.